The molecule has 0 aliphatic rings. The molecule has 2 aromatic rings. The molecule has 0 saturated heterocycles. The minimum atomic E-state index is -4.89. The maximum Gasteiger partial charge on any atom is 0.434 e. The van der Waals surface area contributed by atoms with Gasteiger partial charge in [0.25, 0.3) is 0 Å². The normalized spacial score (nSPS) is 12.7. The first-order chi connectivity index (χ1) is 9.10. The number of H-pyrrole nitrogens is 1. The summed E-state index contributed by atoms with van der Waals surface area (Å²) in [7, 11) is -4.58. The third-order valence-electron chi connectivity index (χ3n) is 2.61. The van der Waals surface area contributed by atoms with E-state index in [1.165, 1.54) is 12.1 Å². The highest BCUT2D eigenvalue weighted by molar-refractivity contribution is 7.89. The number of aromatic amines is 1. The highest BCUT2D eigenvalue weighted by Gasteiger charge is 2.41. The lowest BCUT2D eigenvalue weighted by molar-refractivity contribution is -0.143. The van der Waals surface area contributed by atoms with Gasteiger partial charge in [-0.1, -0.05) is 29.8 Å². The van der Waals surface area contributed by atoms with E-state index in [9.17, 15) is 21.6 Å². The number of nitrogens with two attached hydrogens (primary N) is 1. The molecule has 0 bridgehead atoms. The molecule has 1 aromatic carbocycles. The number of nitrogens with zero attached hydrogens (tertiary/aromatic N) is 1. The Morgan fingerprint density at radius 2 is 1.75 bits per heavy atom. The van der Waals surface area contributed by atoms with Crippen LogP contribution in [0.3, 0.4) is 0 Å². The van der Waals surface area contributed by atoms with Gasteiger partial charge in [0.1, 0.15) is 10.6 Å². The summed E-state index contributed by atoms with van der Waals surface area (Å²) in [4.78, 5) is -1.05. The quantitative estimate of drug-likeness (QED) is 0.890. The number of alkyl halides is 3. The van der Waals surface area contributed by atoms with Crippen LogP contribution in [0, 0.1) is 6.92 Å². The van der Waals surface area contributed by atoms with Crippen LogP contribution in [0.25, 0.3) is 11.3 Å². The second-order valence-corrected chi connectivity index (χ2v) is 5.68. The zero-order valence-corrected chi connectivity index (χ0v) is 11.0. The molecule has 0 amide bonds. The summed E-state index contributed by atoms with van der Waals surface area (Å²) in [5, 5.41) is 10.0. The number of aryl methyl sites for hydroxylation is 1. The largest absolute Gasteiger partial charge is 0.434 e. The Hall–Kier alpha value is -1.87. The van der Waals surface area contributed by atoms with Crippen LogP contribution in [-0.2, 0) is 16.2 Å². The molecule has 5 nitrogen and oxygen atoms in total. The fourth-order valence-electron chi connectivity index (χ4n) is 1.71. The van der Waals surface area contributed by atoms with Gasteiger partial charge in [-0.3, -0.25) is 5.10 Å². The van der Waals surface area contributed by atoms with Crippen molar-refractivity contribution in [3.05, 3.63) is 35.5 Å². The van der Waals surface area contributed by atoms with Crippen LogP contribution in [0.15, 0.2) is 29.2 Å². The molecule has 20 heavy (non-hydrogen) atoms. The molecule has 0 radical (unpaired) electrons. The third kappa shape index (κ3) is 2.68. The summed E-state index contributed by atoms with van der Waals surface area (Å²) >= 11 is 0. The number of halogens is 3. The van der Waals surface area contributed by atoms with Gasteiger partial charge < -0.3 is 0 Å². The van der Waals surface area contributed by atoms with Crippen molar-refractivity contribution in [3.63, 3.8) is 0 Å². The Balaban J connectivity index is 2.73. The van der Waals surface area contributed by atoms with Gasteiger partial charge in [0.05, 0.1) is 0 Å². The van der Waals surface area contributed by atoms with E-state index in [1.807, 2.05) is 0 Å². The maximum absolute atomic E-state index is 12.8. The number of aromatic nitrogens is 2. The summed E-state index contributed by atoms with van der Waals surface area (Å²) in [6, 6.07) is 6.20. The third-order valence-corrected chi connectivity index (χ3v) is 3.58. The highest BCUT2D eigenvalue weighted by Crippen LogP contribution is 2.37. The van der Waals surface area contributed by atoms with E-state index >= 15 is 0 Å². The molecule has 1 aromatic heterocycles. The number of hydrogen-bond acceptors (Lipinski definition) is 3. The van der Waals surface area contributed by atoms with Crippen molar-refractivity contribution < 1.29 is 21.6 Å². The van der Waals surface area contributed by atoms with Crippen LogP contribution in [0.2, 0.25) is 0 Å². The molecule has 0 atom stereocenters. The van der Waals surface area contributed by atoms with Crippen LogP contribution < -0.4 is 5.14 Å². The first-order valence-electron chi connectivity index (χ1n) is 5.36. The molecule has 0 unspecified atom stereocenters. The monoisotopic (exact) mass is 305 g/mol. The van der Waals surface area contributed by atoms with Crippen molar-refractivity contribution in [1.29, 1.82) is 0 Å². The number of hydrogen-bond donors (Lipinski definition) is 2. The van der Waals surface area contributed by atoms with Crippen LogP contribution >= 0.6 is 0 Å². The molecule has 0 fully saturated rings. The maximum atomic E-state index is 12.8. The van der Waals surface area contributed by atoms with Gasteiger partial charge in [-0.15, -0.1) is 0 Å². The van der Waals surface area contributed by atoms with Crippen molar-refractivity contribution in [2.45, 2.75) is 18.0 Å². The van der Waals surface area contributed by atoms with Gasteiger partial charge in [0.15, 0.2) is 5.69 Å². The average molecular weight is 305 g/mol. The average Bonchev–Trinajstić information content (AvgIpc) is 2.73. The van der Waals surface area contributed by atoms with Gasteiger partial charge in [-0.2, -0.15) is 18.3 Å². The highest BCUT2D eigenvalue weighted by atomic mass is 32.2. The molecule has 108 valence electrons. The fourth-order valence-corrected chi connectivity index (χ4v) is 2.59. The summed E-state index contributed by atoms with van der Waals surface area (Å²) in [5.41, 5.74) is -0.723. The number of rotatable bonds is 2. The van der Waals surface area contributed by atoms with Gasteiger partial charge in [0, 0.05) is 5.56 Å². The molecule has 3 N–H and O–H groups in total. The van der Waals surface area contributed by atoms with E-state index in [2.05, 4.69) is 5.10 Å². The summed E-state index contributed by atoms with van der Waals surface area (Å²) in [6.07, 6.45) is -4.89. The van der Waals surface area contributed by atoms with Gasteiger partial charge in [0.2, 0.25) is 10.0 Å². The van der Waals surface area contributed by atoms with Crippen molar-refractivity contribution in [2.75, 3.05) is 0 Å². The molecule has 0 aliphatic carbocycles. The molecule has 1 heterocycles. The molecular formula is C11H10F3N3O2S. The van der Waals surface area contributed by atoms with E-state index in [-0.39, 0.29) is 11.3 Å². The minimum absolute atomic E-state index is 0.228. The summed E-state index contributed by atoms with van der Waals surface area (Å²) in [5.74, 6) is 0. The smallest absolute Gasteiger partial charge is 0.272 e. The second kappa shape index (κ2) is 4.60. The number of primary sulfonamides is 1. The predicted molar refractivity (Wildman–Crippen MR) is 65.1 cm³/mol. The SMILES string of the molecule is Cc1ccc(-c2n[nH]c(C(F)(F)F)c2S(N)(=O)=O)cc1. The van der Waals surface area contributed by atoms with Crippen LogP contribution in [0.1, 0.15) is 11.3 Å². The van der Waals surface area contributed by atoms with Crippen molar-refractivity contribution in [1.82, 2.24) is 10.2 Å². The fraction of sp³-hybridized carbons (Fsp3) is 0.182. The Labute approximate surface area is 112 Å². The second-order valence-electron chi connectivity index (χ2n) is 4.19. The number of sulfonamides is 1. The van der Waals surface area contributed by atoms with Gasteiger partial charge in [-0.05, 0) is 6.92 Å². The predicted octanol–water partition coefficient (Wildman–Crippen LogP) is 2.05. The van der Waals surface area contributed by atoms with Crippen LogP contribution in [0.5, 0.6) is 0 Å². The lowest BCUT2D eigenvalue weighted by atomic mass is 10.1. The number of benzene rings is 1. The van der Waals surface area contributed by atoms with E-state index in [0.29, 0.717) is 0 Å². The van der Waals surface area contributed by atoms with Crippen LogP contribution in [0.4, 0.5) is 13.2 Å². The molecule has 9 heteroatoms. The number of nitrogens with one attached hydrogen (secondary N) is 1. The Morgan fingerprint density at radius 3 is 2.20 bits per heavy atom. The van der Waals surface area contributed by atoms with E-state index in [0.717, 1.165) is 5.56 Å². The topological polar surface area (TPSA) is 88.8 Å². The lowest BCUT2D eigenvalue weighted by Crippen LogP contribution is -2.18. The van der Waals surface area contributed by atoms with Crippen molar-refractivity contribution >= 4 is 10.0 Å². The standard InChI is InChI=1S/C11H10F3N3O2S/c1-6-2-4-7(5-3-6)8-9(20(15,18)19)10(17-16-8)11(12,13)14/h2-5H,1H3,(H,16,17)(H2,15,18,19). The zero-order chi connectivity index (χ0) is 15.1. The molecular weight excluding hydrogens is 295 g/mol. The van der Waals surface area contributed by atoms with Crippen LogP contribution in [-0.4, -0.2) is 18.6 Å². The zero-order valence-electron chi connectivity index (χ0n) is 10.2. The molecule has 2 rings (SSSR count). The Kier molecular flexibility index (Phi) is 3.34. The molecule has 0 spiro atoms. The first kappa shape index (κ1) is 14.5. The summed E-state index contributed by atoms with van der Waals surface area (Å²) in [6.45, 7) is 1.79. The van der Waals surface area contributed by atoms with E-state index in [1.54, 1.807) is 24.2 Å². The molecule has 0 saturated carbocycles. The van der Waals surface area contributed by atoms with E-state index in [4.69, 9.17) is 5.14 Å². The summed E-state index contributed by atoms with van der Waals surface area (Å²) < 4.78 is 61.2. The van der Waals surface area contributed by atoms with Crippen molar-refractivity contribution in [3.8, 4) is 11.3 Å². The van der Waals surface area contributed by atoms with E-state index < -0.39 is 26.8 Å². The van der Waals surface area contributed by atoms with Gasteiger partial charge in [-0.25, -0.2) is 13.6 Å². The Morgan fingerprint density at radius 1 is 1.20 bits per heavy atom. The lowest BCUT2D eigenvalue weighted by Gasteiger charge is -2.07. The minimum Gasteiger partial charge on any atom is -0.272 e. The first-order valence-corrected chi connectivity index (χ1v) is 6.91. The van der Waals surface area contributed by atoms with Gasteiger partial charge >= 0.3 is 6.18 Å². The Bertz CT molecular complexity index is 733. The molecule has 0 aliphatic heterocycles. The van der Waals surface area contributed by atoms with Crippen molar-refractivity contribution in [2.24, 2.45) is 5.14 Å².